The van der Waals surface area contributed by atoms with Crippen LogP contribution in [0.15, 0.2) is 30.3 Å². The Morgan fingerprint density at radius 3 is 2.70 bits per heavy atom. The standard InChI is InChI=1S/C11H8F2N4O3/c12-6-5-9(7(13)4-8(6)17(18)19)20-11-3-1-2-10(15-11)16-14/h1-5H,14H2,(H,15,16). The van der Waals surface area contributed by atoms with Gasteiger partial charge >= 0.3 is 5.69 Å². The molecule has 0 bridgehead atoms. The van der Waals surface area contributed by atoms with Gasteiger partial charge in [0.1, 0.15) is 5.82 Å². The number of nitrogens with one attached hydrogen (secondary N) is 1. The first-order valence-corrected chi connectivity index (χ1v) is 5.26. The van der Waals surface area contributed by atoms with Crippen molar-refractivity contribution < 1.29 is 18.4 Å². The van der Waals surface area contributed by atoms with Crippen molar-refractivity contribution in [3.63, 3.8) is 0 Å². The summed E-state index contributed by atoms with van der Waals surface area (Å²) in [5.74, 6) is 2.54. The molecule has 0 unspecified atom stereocenters. The zero-order chi connectivity index (χ0) is 14.7. The van der Waals surface area contributed by atoms with Gasteiger partial charge in [-0.05, 0) is 6.07 Å². The lowest BCUT2D eigenvalue weighted by atomic mass is 10.3. The molecule has 0 fully saturated rings. The molecule has 3 N–H and O–H groups in total. The number of pyridine rings is 1. The Hall–Kier alpha value is -2.81. The Morgan fingerprint density at radius 1 is 1.30 bits per heavy atom. The van der Waals surface area contributed by atoms with E-state index in [2.05, 4.69) is 10.4 Å². The highest BCUT2D eigenvalue weighted by molar-refractivity contribution is 5.42. The van der Waals surface area contributed by atoms with E-state index in [0.29, 0.717) is 12.1 Å². The lowest BCUT2D eigenvalue weighted by molar-refractivity contribution is -0.387. The van der Waals surface area contributed by atoms with Crippen LogP contribution < -0.4 is 16.0 Å². The highest BCUT2D eigenvalue weighted by atomic mass is 19.1. The van der Waals surface area contributed by atoms with Crippen molar-refractivity contribution in [1.82, 2.24) is 4.98 Å². The van der Waals surface area contributed by atoms with Crippen LogP contribution >= 0.6 is 0 Å². The zero-order valence-electron chi connectivity index (χ0n) is 9.84. The van der Waals surface area contributed by atoms with Crippen LogP contribution in [0.3, 0.4) is 0 Å². The third kappa shape index (κ3) is 2.78. The van der Waals surface area contributed by atoms with E-state index in [0.717, 1.165) is 0 Å². The van der Waals surface area contributed by atoms with Crippen molar-refractivity contribution in [2.24, 2.45) is 5.84 Å². The molecular weight excluding hydrogens is 274 g/mol. The highest BCUT2D eigenvalue weighted by Gasteiger charge is 2.20. The SMILES string of the molecule is NNc1cccc(Oc2cc(F)c([N+](=O)[O-])cc2F)n1. The molecular formula is C11H8F2N4O3. The number of halogens is 2. The van der Waals surface area contributed by atoms with E-state index in [1.165, 1.54) is 18.2 Å². The fourth-order valence-electron chi connectivity index (χ4n) is 1.40. The third-order valence-corrected chi connectivity index (χ3v) is 2.28. The molecule has 0 atom stereocenters. The Labute approximate surface area is 111 Å². The summed E-state index contributed by atoms with van der Waals surface area (Å²) in [6, 6.07) is 5.46. The van der Waals surface area contributed by atoms with E-state index >= 15 is 0 Å². The number of benzene rings is 1. The normalized spacial score (nSPS) is 10.2. The molecule has 0 aliphatic rings. The van der Waals surface area contributed by atoms with Crippen molar-refractivity contribution in [1.29, 1.82) is 0 Å². The lowest BCUT2D eigenvalue weighted by Gasteiger charge is -2.07. The molecule has 2 aromatic rings. The van der Waals surface area contributed by atoms with Gasteiger partial charge in [0.05, 0.1) is 11.0 Å². The van der Waals surface area contributed by atoms with Crippen molar-refractivity contribution in [3.05, 3.63) is 52.1 Å². The van der Waals surface area contributed by atoms with Gasteiger partial charge in [-0.25, -0.2) is 10.2 Å². The van der Waals surface area contributed by atoms with Gasteiger partial charge in [0.25, 0.3) is 0 Å². The zero-order valence-corrected chi connectivity index (χ0v) is 9.84. The van der Waals surface area contributed by atoms with Crippen molar-refractivity contribution >= 4 is 11.5 Å². The number of nitrogens with two attached hydrogens (primary N) is 1. The van der Waals surface area contributed by atoms with Gasteiger partial charge in [0, 0.05) is 12.1 Å². The van der Waals surface area contributed by atoms with E-state index < -0.39 is 28.0 Å². The van der Waals surface area contributed by atoms with E-state index in [9.17, 15) is 18.9 Å². The minimum Gasteiger partial charge on any atom is -0.436 e. The number of rotatable bonds is 4. The number of nitrogen functional groups attached to an aromatic ring is 1. The molecule has 2 rings (SSSR count). The molecule has 0 radical (unpaired) electrons. The Bertz CT molecular complexity index is 666. The second kappa shape index (κ2) is 5.45. The van der Waals surface area contributed by atoms with Gasteiger partial charge < -0.3 is 10.2 Å². The topological polar surface area (TPSA) is 103 Å². The molecule has 1 aromatic carbocycles. The average Bonchev–Trinajstić information content (AvgIpc) is 2.42. The first-order valence-electron chi connectivity index (χ1n) is 5.26. The van der Waals surface area contributed by atoms with E-state index in [-0.39, 0.29) is 11.7 Å². The van der Waals surface area contributed by atoms with Gasteiger partial charge in [0.15, 0.2) is 11.6 Å². The summed E-state index contributed by atoms with van der Waals surface area (Å²) in [4.78, 5) is 13.3. The second-order valence-corrected chi connectivity index (χ2v) is 3.60. The number of hydrogen-bond donors (Lipinski definition) is 2. The number of nitro benzene ring substituents is 1. The smallest absolute Gasteiger partial charge is 0.307 e. The first kappa shape index (κ1) is 13.6. The molecule has 7 nitrogen and oxygen atoms in total. The number of hydrazine groups is 1. The van der Waals surface area contributed by atoms with Gasteiger partial charge in [-0.2, -0.15) is 9.37 Å². The predicted molar refractivity (Wildman–Crippen MR) is 65.1 cm³/mol. The molecule has 20 heavy (non-hydrogen) atoms. The van der Waals surface area contributed by atoms with Crippen molar-refractivity contribution in [2.75, 3.05) is 5.43 Å². The molecule has 0 aliphatic heterocycles. The van der Waals surface area contributed by atoms with Crippen LogP contribution in [0.4, 0.5) is 20.3 Å². The fraction of sp³-hybridized carbons (Fsp3) is 0. The number of anilines is 1. The molecule has 0 amide bonds. The Morgan fingerprint density at radius 2 is 2.05 bits per heavy atom. The Kier molecular flexibility index (Phi) is 3.71. The molecule has 9 heteroatoms. The predicted octanol–water partition coefficient (Wildman–Crippen LogP) is 2.35. The van der Waals surface area contributed by atoms with Gasteiger partial charge in [-0.1, -0.05) is 6.07 Å². The van der Waals surface area contributed by atoms with Crippen LogP contribution in [-0.2, 0) is 0 Å². The highest BCUT2D eigenvalue weighted by Crippen LogP contribution is 2.29. The molecule has 0 saturated heterocycles. The number of nitro groups is 1. The van der Waals surface area contributed by atoms with Crippen LogP contribution in [0.1, 0.15) is 0 Å². The van der Waals surface area contributed by atoms with E-state index in [4.69, 9.17) is 10.6 Å². The second-order valence-electron chi connectivity index (χ2n) is 3.60. The fourth-order valence-corrected chi connectivity index (χ4v) is 1.40. The van der Waals surface area contributed by atoms with E-state index in [1.807, 2.05) is 0 Å². The van der Waals surface area contributed by atoms with Crippen molar-refractivity contribution in [3.8, 4) is 11.6 Å². The van der Waals surface area contributed by atoms with Crippen LogP contribution in [0.25, 0.3) is 0 Å². The van der Waals surface area contributed by atoms with Crippen LogP contribution in [0.2, 0.25) is 0 Å². The lowest BCUT2D eigenvalue weighted by Crippen LogP contribution is -2.08. The molecule has 0 aliphatic carbocycles. The van der Waals surface area contributed by atoms with Crippen LogP contribution in [-0.4, -0.2) is 9.91 Å². The van der Waals surface area contributed by atoms with Crippen LogP contribution in [0, 0.1) is 21.7 Å². The number of nitrogens with zero attached hydrogens (tertiary/aromatic N) is 2. The molecule has 1 heterocycles. The van der Waals surface area contributed by atoms with Gasteiger partial charge in [-0.15, -0.1) is 0 Å². The number of hydrogen-bond acceptors (Lipinski definition) is 6. The average molecular weight is 282 g/mol. The largest absolute Gasteiger partial charge is 0.436 e. The summed E-state index contributed by atoms with van der Waals surface area (Å²) in [5.41, 5.74) is 1.28. The molecule has 0 spiro atoms. The van der Waals surface area contributed by atoms with E-state index in [1.54, 1.807) is 0 Å². The summed E-state index contributed by atoms with van der Waals surface area (Å²) in [5, 5.41) is 10.5. The minimum absolute atomic E-state index is 0.0485. The molecule has 1 aromatic heterocycles. The molecule has 104 valence electrons. The maximum atomic E-state index is 13.6. The summed E-state index contributed by atoms with van der Waals surface area (Å²) >= 11 is 0. The van der Waals surface area contributed by atoms with Gasteiger partial charge in [0.2, 0.25) is 11.7 Å². The maximum absolute atomic E-state index is 13.6. The third-order valence-electron chi connectivity index (χ3n) is 2.28. The summed E-state index contributed by atoms with van der Waals surface area (Å²) in [6.45, 7) is 0. The summed E-state index contributed by atoms with van der Waals surface area (Å²) < 4.78 is 32.0. The van der Waals surface area contributed by atoms with Gasteiger partial charge in [-0.3, -0.25) is 10.1 Å². The first-order chi connectivity index (χ1) is 9.51. The number of aromatic nitrogens is 1. The monoisotopic (exact) mass is 282 g/mol. The quantitative estimate of drug-likeness (QED) is 0.507. The maximum Gasteiger partial charge on any atom is 0.307 e. The van der Waals surface area contributed by atoms with Crippen LogP contribution in [0.5, 0.6) is 11.6 Å². The Balaban J connectivity index is 2.34. The summed E-state index contributed by atoms with van der Waals surface area (Å²) in [7, 11) is 0. The van der Waals surface area contributed by atoms with Crippen molar-refractivity contribution in [2.45, 2.75) is 0 Å². The number of ether oxygens (including phenoxy) is 1. The molecule has 0 saturated carbocycles. The summed E-state index contributed by atoms with van der Waals surface area (Å²) in [6.07, 6.45) is 0. The minimum atomic E-state index is -1.21.